The van der Waals surface area contributed by atoms with Gasteiger partial charge in [-0.2, -0.15) is 13.2 Å². The quantitative estimate of drug-likeness (QED) is 0.694. The highest BCUT2D eigenvalue weighted by atomic mass is 35.5. The smallest absolute Gasteiger partial charge is 0.279 e. The van der Waals surface area contributed by atoms with Crippen LogP contribution in [0.15, 0.2) is 41.3 Å². The lowest BCUT2D eigenvalue weighted by Gasteiger charge is -2.18. The van der Waals surface area contributed by atoms with Gasteiger partial charge >= 0.3 is 6.18 Å². The first kappa shape index (κ1) is 23.4. The number of benzene rings is 2. The average Bonchev–Trinajstić information content (AvgIpc) is 2.82. The van der Waals surface area contributed by atoms with Crippen LogP contribution in [-0.4, -0.2) is 28.5 Å². The van der Waals surface area contributed by atoms with Crippen molar-refractivity contribution in [3.63, 3.8) is 0 Å². The fourth-order valence-electron chi connectivity index (χ4n) is 3.19. The number of nitrogens with one attached hydrogen (secondary N) is 1. The number of hydrogen-bond donors (Lipinski definition) is 1. The molecule has 0 saturated carbocycles. The van der Waals surface area contributed by atoms with Gasteiger partial charge in [0.1, 0.15) is 0 Å². The number of anilines is 2. The third kappa shape index (κ3) is 4.51. The molecule has 1 saturated heterocycles. The van der Waals surface area contributed by atoms with Crippen LogP contribution >= 0.6 is 11.6 Å². The maximum atomic E-state index is 13.3. The van der Waals surface area contributed by atoms with Crippen LogP contribution in [-0.2, 0) is 31.0 Å². The van der Waals surface area contributed by atoms with E-state index in [1.165, 1.54) is 19.9 Å². The largest absolute Gasteiger partial charge is 0.418 e. The standard InChI is InChI=1S/C18H16ClF3N2O5S2/c1-10-7-13(24-17(25)11(2)9-30(24,26)27)4-6-16(10)31(28,29)23-15-5-3-12(19)8-14(15)18(20,21)22/h3-8,11,23H,9H2,1-2H3. The zero-order valence-corrected chi connectivity index (χ0v) is 18.5. The van der Waals surface area contributed by atoms with Crippen LogP contribution in [0.4, 0.5) is 24.5 Å². The van der Waals surface area contributed by atoms with E-state index >= 15 is 0 Å². The Morgan fingerprint density at radius 1 is 1.16 bits per heavy atom. The number of sulfonamides is 2. The Morgan fingerprint density at radius 2 is 1.81 bits per heavy atom. The monoisotopic (exact) mass is 496 g/mol. The van der Waals surface area contributed by atoms with Gasteiger partial charge in [-0.1, -0.05) is 18.5 Å². The molecule has 0 aliphatic carbocycles. The molecule has 1 aliphatic heterocycles. The number of nitrogens with zero attached hydrogens (tertiary/aromatic N) is 1. The molecule has 1 fully saturated rings. The summed E-state index contributed by atoms with van der Waals surface area (Å²) in [5, 5.41) is -0.221. The molecule has 0 spiro atoms. The Balaban J connectivity index is 2.00. The Labute approximate surface area is 181 Å². The van der Waals surface area contributed by atoms with Gasteiger partial charge in [-0.3, -0.25) is 9.52 Å². The van der Waals surface area contributed by atoms with Crippen molar-refractivity contribution in [3.8, 4) is 0 Å². The number of rotatable bonds is 4. The zero-order chi connectivity index (χ0) is 23.4. The molecular formula is C18H16ClF3N2O5S2. The predicted octanol–water partition coefficient (Wildman–Crippen LogP) is 3.78. The summed E-state index contributed by atoms with van der Waals surface area (Å²) in [6.45, 7) is 2.79. The molecule has 0 radical (unpaired) electrons. The highest BCUT2D eigenvalue weighted by Gasteiger charge is 2.42. The van der Waals surface area contributed by atoms with Crippen molar-refractivity contribution >= 4 is 48.9 Å². The number of alkyl halides is 3. The van der Waals surface area contributed by atoms with E-state index < -0.39 is 49.3 Å². The van der Waals surface area contributed by atoms with Gasteiger partial charge in [-0.25, -0.2) is 21.1 Å². The van der Waals surface area contributed by atoms with Crippen molar-refractivity contribution in [2.45, 2.75) is 24.9 Å². The van der Waals surface area contributed by atoms with Crippen molar-refractivity contribution in [1.29, 1.82) is 0 Å². The van der Waals surface area contributed by atoms with Crippen molar-refractivity contribution in [1.82, 2.24) is 0 Å². The van der Waals surface area contributed by atoms with Gasteiger partial charge in [-0.15, -0.1) is 0 Å². The van der Waals surface area contributed by atoms with Gasteiger partial charge < -0.3 is 0 Å². The molecule has 168 valence electrons. The van der Waals surface area contributed by atoms with Crippen LogP contribution in [0.3, 0.4) is 0 Å². The Kier molecular flexibility index (Phi) is 5.78. The lowest BCUT2D eigenvalue weighted by molar-refractivity contribution is -0.136. The van der Waals surface area contributed by atoms with Crippen LogP contribution in [0.5, 0.6) is 0 Å². The summed E-state index contributed by atoms with van der Waals surface area (Å²) in [4.78, 5) is 11.8. The summed E-state index contributed by atoms with van der Waals surface area (Å²) < 4.78 is 92.3. The second-order valence-corrected chi connectivity index (χ2v) is 11.0. The minimum Gasteiger partial charge on any atom is -0.279 e. The summed E-state index contributed by atoms with van der Waals surface area (Å²) in [6, 6.07) is 5.91. The van der Waals surface area contributed by atoms with E-state index in [1.54, 1.807) is 0 Å². The number of carbonyl (C=O) groups excluding carboxylic acids is 1. The molecule has 1 unspecified atom stereocenters. The van der Waals surface area contributed by atoms with Gasteiger partial charge in [0.05, 0.1) is 33.5 Å². The van der Waals surface area contributed by atoms with Crippen LogP contribution in [0.25, 0.3) is 0 Å². The van der Waals surface area contributed by atoms with Crippen molar-refractivity contribution in [3.05, 3.63) is 52.5 Å². The normalized spacial score (nSPS) is 19.0. The molecule has 1 N–H and O–H groups in total. The minimum atomic E-state index is -4.86. The van der Waals surface area contributed by atoms with E-state index in [-0.39, 0.29) is 26.9 Å². The fraction of sp³-hybridized carbons (Fsp3) is 0.278. The highest BCUT2D eigenvalue weighted by molar-refractivity contribution is 7.94. The molecule has 2 aromatic rings. The first-order chi connectivity index (χ1) is 14.1. The Hall–Kier alpha value is -2.31. The summed E-state index contributed by atoms with van der Waals surface area (Å²) in [5.74, 6) is -1.77. The number of carbonyl (C=O) groups is 1. The fourth-order valence-corrected chi connectivity index (χ4v) is 6.48. The van der Waals surface area contributed by atoms with Crippen LogP contribution in [0.1, 0.15) is 18.1 Å². The predicted molar refractivity (Wildman–Crippen MR) is 109 cm³/mol. The van der Waals surface area contributed by atoms with Crippen LogP contribution < -0.4 is 9.03 Å². The maximum Gasteiger partial charge on any atom is 0.418 e. The SMILES string of the molecule is Cc1cc(N2C(=O)C(C)CS2(=O)=O)ccc1S(=O)(=O)Nc1ccc(Cl)cc1C(F)(F)F. The molecule has 31 heavy (non-hydrogen) atoms. The number of halogens is 4. The van der Waals surface area contributed by atoms with Crippen LogP contribution in [0.2, 0.25) is 5.02 Å². The van der Waals surface area contributed by atoms with Gasteiger partial charge in [0, 0.05) is 5.02 Å². The summed E-state index contributed by atoms with van der Waals surface area (Å²) in [7, 11) is -8.38. The molecular weight excluding hydrogens is 481 g/mol. The third-order valence-corrected chi connectivity index (χ3v) is 8.20. The van der Waals surface area contributed by atoms with Gasteiger partial charge in [0.15, 0.2) is 0 Å². The number of hydrogen-bond acceptors (Lipinski definition) is 5. The molecule has 13 heteroatoms. The molecule has 1 amide bonds. The van der Waals surface area contributed by atoms with E-state index in [9.17, 15) is 34.8 Å². The molecule has 2 aromatic carbocycles. The lowest BCUT2D eigenvalue weighted by Crippen LogP contribution is -2.30. The number of aryl methyl sites for hydroxylation is 1. The van der Waals surface area contributed by atoms with Crippen molar-refractivity contribution in [2.75, 3.05) is 14.8 Å². The van der Waals surface area contributed by atoms with Gasteiger partial charge in [0.2, 0.25) is 15.9 Å². The highest BCUT2D eigenvalue weighted by Crippen LogP contribution is 2.38. The Bertz CT molecular complexity index is 1280. The summed E-state index contributed by atoms with van der Waals surface area (Å²) in [5.41, 5.74) is -1.99. The van der Waals surface area contributed by atoms with Gasteiger partial charge in [-0.05, 0) is 48.9 Å². The van der Waals surface area contributed by atoms with Crippen molar-refractivity contribution in [2.24, 2.45) is 5.92 Å². The minimum absolute atomic E-state index is 0.0371. The van der Waals surface area contributed by atoms with Crippen molar-refractivity contribution < 1.29 is 34.8 Å². The topological polar surface area (TPSA) is 101 Å². The van der Waals surface area contributed by atoms with Gasteiger partial charge in [0.25, 0.3) is 10.0 Å². The lowest BCUT2D eigenvalue weighted by atomic mass is 10.2. The summed E-state index contributed by atoms with van der Waals surface area (Å²) >= 11 is 5.60. The first-order valence-corrected chi connectivity index (χ1v) is 12.2. The third-order valence-electron chi connectivity index (χ3n) is 4.57. The number of amides is 1. The zero-order valence-electron chi connectivity index (χ0n) is 16.1. The van der Waals surface area contributed by atoms with E-state index in [0.29, 0.717) is 10.4 Å². The maximum absolute atomic E-state index is 13.3. The average molecular weight is 497 g/mol. The molecule has 7 nitrogen and oxygen atoms in total. The first-order valence-electron chi connectivity index (χ1n) is 8.70. The van der Waals surface area contributed by atoms with E-state index in [0.717, 1.165) is 24.3 Å². The molecule has 1 atom stereocenters. The second kappa shape index (κ2) is 7.68. The van der Waals surface area contributed by atoms with E-state index in [4.69, 9.17) is 11.6 Å². The molecule has 0 aromatic heterocycles. The molecule has 1 heterocycles. The van der Waals surface area contributed by atoms with E-state index in [2.05, 4.69) is 0 Å². The summed E-state index contributed by atoms with van der Waals surface area (Å²) in [6.07, 6.45) is -4.86. The second-order valence-electron chi connectivity index (χ2n) is 7.03. The molecule has 3 rings (SSSR count). The molecule has 1 aliphatic rings. The van der Waals surface area contributed by atoms with Crippen LogP contribution in [0, 0.1) is 12.8 Å². The van der Waals surface area contributed by atoms with E-state index in [1.807, 2.05) is 4.72 Å². The molecule has 0 bridgehead atoms. The Morgan fingerprint density at radius 3 is 2.32 bits per heavy atom.